The van der Waals surface area contributed by atoms with Gasteiger partial charge in [-0.15, -0.1) is 0 Å². The molecule has 0 aromatic carbocycles. The standard InChI is InChI=1S/C13H20O9/c1-2-3-9(17)20-6-8(16)11-10(18)12(13(19)22-11)21-5-7(15)4-14/h7-8,11,14-16,18H,2-6H2,1H3/t7?,8-,11+/m0/s1. The Labute approximate surface area is 126 Å². The Balaban J connectivity index is 2.58. The zero-order chi connectivity index (χ0) is 16.7. The van der Waals surface area contributed by atoms with E-state index in [1.807, 2.05) is 0 Å². The molecule has 1 heterocycles. The van der Waals surface area contributed by atoms with Crippen LogP contribution in [0.3, 0.4) is 0 Å². The van der Waals surface area contributed by atoms with E-state index >= 15 is 0 Å². The fourth-order valence-corrected chi connectivity index (χ4v) is 1.63. The SMILES string of the molecule is CCCC(=O)OC[C@H](O)[C@H]1OC(=O)C(OCC(O)CO)=C1O. The van der Waals surface area contributed by atoms with Crippen molar-refractivity contribution in [3.05, 3.63) is 11.5 Å². The zero-order valence-electron chi connectivity index (χ0n) is 12.1. The lowest BCUT2D eigenvalue weighted by molar-refractivity contribution is -0.155. The first-order valence-electron chi connectivity index (χ1n) is 6.80. The molecule has 1 aliphatic heterocycles. The van der Waals surface area contributed by atoms with Gasteiger partial charge in [0.2, 0.25) is 5.76 Å². The smallest absolute Gasteiger partial charge is 0.378 e. The predicted molar refractivity (Wildman–Crippen MR) is 70.5 cm³/mol. The molecule has 0 radical (unpaired) electrons. The number of ether oxygens (including phenoxy) is 3. The molecule has 0 saturated heterocycles. The van der Waals surface area contributed by atoms with Gasteiger partial charge in [0.25, 0.3) is 0 Å². The molecular weight excluding hydrogens is 300 g/mol. The van der Waals surface area contributed by atoms with E-state index in [9.17, 15) is 19.8 Å². The maximum Gasteiger partial charge on any atom is 0.378 e. The lowest BCUT2D eigenvalue weighted by atomic mass is 10.2. The molecule has 22 heavy (non-hydrogen) atoms. The molecule has 0 bridgehead atoms. The number of esters is 2. The number of rotatable bonds is 9. The van der Waals surface area contributed by atoms with Gasteiger partial charge in [-0.2, -0.15) is 0 Å². The summed E-state index contributed by atoms with van der Waals surface area (Å²) in [7, 11) is 0. The van der Waals surface area contributed by atoms with Gasteiger partial charge >= 0.3 is 11.9 Å². The van der Waals surface area contributed by atoms with E-state index in [2.05, 4.69) is 0 Å². The zero-order valence-corrected chi connectivity index (χ0v) is 12.1. The molecule has 126 valence electrons. The van der Waals surface area contributed by atoms with Crippen LogP contribution in [0.1, 0.15) is 19.8 Å². The second kappa shape index (κ2) is 8.57. The molecule has 0 aromatic rings. The summed E-state index contributed by atoms with van der Waals surface area (Å²) in [5.41, 5.74) is 0. The van der Waals surface area contributed by atoms with Crippen molar-refractivity contribution in [2.45, 2.75) is 38.1 Å². The molecule has 1 rings (SSSR count). The van der Waals surface area contributed by atoms with E-state index in [0.29, 0.717) is 6.42 Å². The van der Waals surface area contributed by atoms with Gasteiger partial charge in [0.15, 0.2) is 11.9 Å². The number of cyclic esters (lactones) is 1. The predicted octanol–water partition coefficient (Wildman–Crippen LogP) is -1.24. The first-order chi connectivity index (χ1) is 10.4. The first-order valence-corrected chi connectivity index (χ1v) is 6.80. The van der Waals surface area contributed by atoms with Gasteiger partial charge in [-0.05, 0) is 6.42 Å². The Morgan fingerprint density at radius 1 is 1.36 bits per heavy atom. The normalized spacial score (nSPS) is 20.5. The van der Waals surface area contributed by atoms with Crippen molar-refractivity contribution in [2.24, 2.45) is 0 Å². The minimum atomic E-state index is -1.45. The minimum Gasteiger partial charge on any atom is -0.505 e. The van der Waals surface area contributed by atoms with Gasteiger partial charge in [0, 0.05) is 6.42 Å². The number of aliphatic hydroxyl groups excluding tert-OH is 4. The summed E-state index contributed by atoms with van der Waals surface area (Å²) in [5.74, 6) is -2.76. The number of carbonyl (C=O) groups excluding carboxylic acids is 2. The van der Waals surface area contributed by atoms with Gasteiger partial charge in [0.05, 0.1) is 6.61 Å². The summed E-state index contributed by atoms with van der Waals surface area (Å²) in [5, 5.41) is 37.4. The summed E-state index contributed by atoms with van der Waals surface area (Å²) in [6.07, 6.45) is -3.32. The van der Waals surface area contributed by atoms with Crippen LogP contribution in [-0.4, -0.2) is 70.5 Å². The van der Waals surface area contributed by atoms with E-state index in [0.717, 1.165) is 0 Å². The van der Waals surface area contributed by atoms with Crippen LogP contribution in [0.4, 0.5) is 0 Å². The molecule has 0 saturated carbocycles. The second-order valence-electron chi connectivity index (χ2n) is 4.69. The van der Waals surface area contributed by atoms with Gasteiger partial charge < -0.3 is 34.6 Å². The highest BCUT2D eigenvalue weighted by Crippen LogP contribution is 2.24. The summed E-state index contributed by atoms with van der Waals surface area (Å²) in [4.78, 5) is 22.7. The van der Waals surface area contributed by atoms with Gasteiger partial charge in [-0.1, -0.05) is 6.92 Å². The molecule has 1 aliphatic rings. The summed E-state index contributed by atoms with van der Waals surface area (Å²) < 4.78 is 14.3. The number of aliphatic hydroxyl groups is 4. The second-order valence-corrected chi connectivity index (χ2v) is 4.69. The van der Waals surface area contributed by atoms with Crippen molar-refractivity contribution in [3.63, 3.8) is 0 Å². The quantitative estimate of drug-likeness (QED) is 0.383. The molecule has 1 unspecified atom stereocenters. The molecule has 9 heteroatoms. The van der Waals surface area contributed by atoms with Crippen LogP contribution in [0.25, 0.3) is 0 Å². The van der Waals surface area contributed by atoms with Crippen molar-refractivity contribution in [2.75, 3.05) is 19.8 Å². The highest BCUT2D eigenvalue weighted by molar-refractivity contribution is 5.89. The molecular formula is C13H20O9. The number of carbonyl (C=O) groups is 2. The third-order valence-electron chi connectivity index (χ3n) is 2.77. The van der Waals surface area contributed by atoms with Crippen LogP contribution in [0.2, 0.25) is 0 Å². The average molecular weight is 320 g/mol. The van der Waals surface area contributed by atoms with Crippen LogP contribution < -0.4 is 0 Å². The van der Waals surface area contributed by atoms with Crippen molar-refractivity contribution in [1.82, 2.24) is 0 Å². The largest absolute Gasteiger partial charge is 0.505 e. The lowest BCUT2D eigenvalue weighted by Crippen LogP contribution is -2.33. The van der Waals surface area contributed by atoms with E-state index in [1.165, 1.54) is 0 Å². The van der Waals surface area contributed by atoms with E-state index in [4.69, 9.17) is 24.4 Å². The molecule has 0 aromatic heterocycles. The van der Waals surface area contributed by atoms with E-state index in [-0.39, 0.29) is 6.42 Å². The third kappa shape index (κ3) is 4.86. The highest BCUT2D eigenvalue weighted by Gasteiger charge is 2.41. The van der Waals surface area contributed by atoms with E-state index in [1.54, 1.807) is 6.92 Å². The third-order valence-corrected chi connectivity index (χ3v) is 2.77. The Bertz CT molecular complexity index is 431. The Morgan fingerprint density at radius 3 is 2.64 bits per heavy atom. The number of hydrogen-bond acceptors (Lipinski definition) is 9. The molecule has 9 nitrogen and oxygen atoms in total. The van der Waals surface area contributed by atoms with Gasteiger partial charge in [0.1, 0.15) is 25.4 Å². The summed E-state index contributed by atoms with van der Waals surface area (Å²) in [6.45, 7) is 0.324. The fraction of sp³-hybridized carbons (Fsp3) is 0.692. The van der Waals surface area contributed by atoms with Crippen LogP contribution in [0, 0.1) is 0 Å². The van der Waals surface area contributed by atoms with Gasteiger partial charge in [-0.25, -0.2) is 4.79 Å². The van der Waals surface area contributed by atoms with Crippen LogP contribution >= 0.6 is 0 Å². The number of hydrogen-bond donors (Lipinski definition) is 4. The summed E-state index contributed by atoms with van der Waals surface area (Å²) in [6, 6.07) is 0. The molecule has 0 amide bonds. The molecule has 0 fully saturated rings. The Morgan fingerprint density at radius 2 is 2.05 bits per heavy atom. The first kappa shape index (κ1) is 18.2. The monoisotopic (exact) mass is 320 g/mol. The van der Waals surface area contributed by atoms with Crippen LogP contribution in [-0.2, 0) is 23.8 Å². The fourth-order valence-electron chi connectivity index (χ4n) is 1.63. The molecule has 0 aliphatic carbocycles. The molecule has 4 N–H and O–H groups in total. The van der Waals surface area contributed by atoms with Gasteiger partial charge in [-0.3, -0.25) is 4.79 Å². The average Bonchev–Trinajstić information content (AvgIpc) is 2.77. The lowest BCUT2D eigenvalue weighted by Gasteiger charge is -2.17. The van der Waals surface area contributed by atoms with Crippen LogP contribution in [0.5, 0.6) is 0 Å². The van der Waals surface area contributed by atoms with E-state index < -0.39 is 61.6 Å². The van der Waals surface area contributed by atoms with Crippen molar-refractivity contribution in [1.29, 1.82) is 0 Å². The van der Waals surface area contributed by atoms with Crippen LogP contribution in [0.15, 0.2) is 11.5 Å². The maximum absolute atomic E-state index is 11.5. The van der Waals surface area contributed by atoms with Crippen molar-refractivity contribution < 1.29 is 44.2 Å². The topological polar surface area (TPSA) is 143 Å². The molecule has 0 spiro atoms. The van der Waals surface area contributed by atoms with Crippen molar-refractivity contribution >= 4 is 11.9 Å². The van der Waals surface area contributed by atoms with Crippen molar-refractivity contribution in [3.8, 4) is 0 Å². The maximum atomic E-state index is 11.5. The summed E-state index contributed by atoms with van der Waals surface area (Å²) >= 11 is 0. The minimum absolute atomic E-state index is 0.187. The Hall–Kier alpha value is -1.84. The highest BCUT2D eigenvalue weighted by atomic mass is 16.6. The molecule has 3 atom stereocenters. The Kier molecular flexibility index (Phi) is 7.09.